The number of rotatable bonds is 6. The zero-order valence-corrected chi connectivity index (χ0v) is 16.4. The number of aryl methyl sites for hydroxylation is 1. The molecule has 0 bridgehead atoms. The third-order valence-electron chi connectivity index (χ3n) is 4.46. The van der Waals surface area contributed by atoms with Gasteiger partial charge in [0.2, 0.25) is 5.91 Å². The van der Waals surface area contributed by atoms with Crippen molar-refractivity contribution < 1.29 is 14.0 Å². The molecule has 148 valence electrons. The lowest BCUT2D eigenvalue weighted by Gasteiger charge is -2.06. The maximum absolute atomic E-state index is 13.3. The standard InChI is InChI=1S/C20H18FN5O2S/c1-25-16-5-6-29-18(16)8-17(25)20(28)22-10-19(27)24-15-9-23-26(12-15)11-13-3-2-4-14(21)7-13/h2-9,12H,10-11H2,1H3,(H,22,28)(H,24,27). The fourth-order valence-corrected chi connectivity index (χ4v) is 3.91. The summed E-state index contributed by atoms with van der Waals surface area (Å²) >= 11 is 1.56. The highest BCUT2D eigenvalue weighted by Crippen LogP contribution is 2.24. The Bertz CT molecular complexity index is 1190. The van der Waals surface area contributed by atoms with Crippen molar-refractivity contribution in [3.63, 3.8) is 0 Å². The molecule has 1 aromatic carbocycles. The van der Waals surface area contributed by atoms with E-state index < -0.39 is 0 Å². The van der Waals surface area contributed by atoms with Crippen LogP contribution in [0, 0.1) is 5.82 Å². The highest BCUT2D eigenvalue weighted by molar-refractivity contribution is 7.17. The fraction of sp³-hybridized carbons (Fsp3) is 0.150. The highest BCUT2D eigenvalue weighted by Gasteiger charge is 2.15. The summed E-state index contributed by atoms with van der Waals surface area (Å²) < 4.78 is 17.7. The van der Waals surface area contributed by atoms with E-state index in [0.29, 0.717) is 17.9 Å². The van der Waals surface area contributed by atoms with Crippen LogP contribution in [-0.2, 0) is 18.4 Å². The normalized spacial score (nSPS) is 11.0. The Morgan fingerprint density at radius 2 is 2.10 bits per heavy atom. The maximum atomic E-state index is 13.3. The van der Waals surface area contributed by atoms with Gasteiger partial charge in [0.05, 0.1) is 35.2 Å². The second-order valence-electron chi connectivity index (χ2n) is 6.55. The van der Waals surface area contributed by atoms with Crippen LogP contribution in [0.15, 0.2) is 54.2 Å². The molecule has 3 aromatic heterocycles. The largest absolute Gasteiger partial charge is 0.342 e. The van der Waals surface area contributed by atoms with Crippen molar-refractivity contribution >= 4 is 39.1 Å². The van der Waals surface area contributed by atoms with Crippen LogP contribution in [0.3, 0.4) is 0 Å². The third-order valence-corrected chi connectivity index (χ3v) is 5.31. The number of nitrogens with zero attached hydrogens (tertiary/aromatic N) is 3. The molecule has 0 aliphatic carbocycles. The Morgan fingerprint density at radius 1 is 1.24 bits per heavy atom. The van der Waals surface area contributed by atoms with E-state index in [4.69, 9.17) is 0 Å². The summed E-state index contributed by atoms with van der Waals surface area (Å²) in [4.78, 5) is 24.5. The van der Waals surface area contributed by atoms with Crippen LogP contribution < -0.4 is 10.6 Å². The molecule has 0 aliphatic rings. The molecule has 2 amide bonds. The number of aromatic nitrogens is 3. The molecule has 0 saturated heterocycles. The first-order valence-electron chi connectivity index (χ1n) is 8.87. The Labute approximate surface area is 169 Å². The molecule has 4 rings (SSSR count). The van der Waals surface area contributed by atoms with Crippen LogP contribution in [0.5, 0.6) is 0 Å². The van der Waals surface area contributed by atoms with Gasteiger partial charge >= 0.3 is 0 Å². The molecule has 0 radical (unpaired) electrons. The van der Waals surface area contributed by atoms with Gasteiger partial charge in [0.15, 0.2) is 0 Å². The number of fused-ring (bicyclic) bond motifs is 1. The minimum Gasteiger partial charge on any atom is -0.342 e. The summed E-state index contributed by atoms with van der Waals surface area (Å²) in [5.41, 5.74) is 2.75. The molecule has 0 fully saturated rings. The van der Waals surface area contributed by atoms with Crippen LogP contribution in [0.4, 0.5) is 10.1 Å². The van der Waals surface area contributed by atoms with Crippen LogP contribution in [0.1, 0.15) is 16.1 Å². The molecule has 0 spiro atoms. The molecule has 0 atom stereocenters. The van der Waals surface area contributed by atoms with Crippen molar-refractivity contribution in [3.05, 3.63) is 71.2 Å². The fourth-order valence-electron chi connectivity index (χ4n) is 3.06. The van der Waals surface area contributed by atoms with Crippen molar-refractivity contribution in [2.75, 3.05) is 11.9 Å². The Morgan fingerprint density at radius 3 is 2.90 bits per heavy atom. The Balaban J connectivity index is 1.31. The third kappa shape index (κ3) is 4.19. The number of carbonyl (C=O) groups excluding carboxylic acids is 2. The van der Waals surface area contributed by atoms with Crippen LogP contribution in [-0.4, -0.2) is 32.7 Å². The predicted molar refractivity (Wildman–Crippen MR) is 109 cm³/mol. The number of thiophene rings is 1. The molecular weight excluding hydrogens is 393 g/mol. The zero-order valence-electron chi connectivity index (χ0n) is 15.6. The number of anilines is 1. The number of amides is 2. The molecule has 29 heavy (non-hydrogen) atoms. The number of halogens is 1. The van der Waals surface area contributed by atoms with Crippen molar-refractivity contribution in [3.8, 4) is 0 Å². The van der Waals surface area contributed by atoms with Gasteiger partial charge in [-0.3, -0.25) is 14.3 Å². The molecule has 0 aliphatic heterocycles. The number of carbonyl (C=O) groups is 2. The molecule has 2 N–H and O–H groups in total. The molecule has 4 aromatic rings. The first-order chi connectivity index (χ1) is 14.0. The first-order valence-corrected chi connectivity index (χ1v) is 9.75. The summed E-state index contributed by atoms with van der Waals surface area (Å²) in [6.07, 6.45) is 3.15. The highest BCUT2D eigenvalue weighted by atomic mass is 32.1. The quantitative estimate of drug-likeness (QED) is 0.512. The smallest absolute Gasteiger partial charge is 0.268 e. The summed E-state index contributed by atoms with van der Waals surface area (Å²) in [7, 11) is 1.82. The van der Waals surface area contributed by atoms with Gasteiger partial charge in [-0.05, 0) is 35.2 Å². The number of nitrogens with one attached hydrogen (secondary N) is 2. The minimum atomic E-state index is -0.361. The van der Waals surface area contributed by atoms with Crippen molar-refractivity contribution in [2.45, 2.75) is 6.54 Å². The van der Waals surface area contributed by atoms with Crippen LogP contribution in [0.25, 0.3) is 10.2 Å². The van der Waals surface area contributed by atoms with Crippen molar-refractivity contribution in [1.29, 1.82) is 0 Å². The van der Waals surface area contributed by atoms with E-state index in [-0.39, 0.29) is 24.2 Å². The Kier molecular flexibility index (Phi) is 5.13. The molecule has 7 nitrogen and oxygen atoms in total. The van der Waals surface area contributed by atoms with Crippen molar-refractivity contribution in [2.24, 2.45) is 7.05 Å². The second kappa shape index (κ2) is 7.88. The van der Waals surface area contributed by atoms with Gasteiger partial charge in [-0.2, -0.15) is 5.10 Å². The molecule has 9 heteroatoms. The van der Waals surface area contributed by atoms with Gasteiger partial charge in [-0.15, -0.1) is 11.3 Å². The van der Waals surface area contributed by atoms with E-state index >= 15 is 0 Å². The maximum Gasteiger partial charge on any atom is 0.268 e. The number of hydrogen-bond donors (Lipinski definition) is 2. The lowest BCUT2D eigenvalue weighted by Crippen LogP contribution is -2.33. The van der Waals surface area contributed by atoms with Gasteiger partial charge in [0, 0.05) is 13.2 Å². The van der Waals surface area contributed by atoms with E-state index in [1.54, 1.807) is 38.9 Å². The Hall–Kier alpha value is -3.46. The number of hydrogen-bond acceptors (Lipinski definition) is 4. The van der Waals surface area contributed by atoms with Gasteiger partial charge in [-0.25, -0.2) is 4.39 Å². The van der Waals surface area contributed by atoms with Gasteiger partial charge in [0.25, 0.3) is 5.91 Å². The van der Waals surface area contributed by atoms with E-state index in [9.17, 15) is 14.0 Å². The topological polar surface area (TPSA) is 81.0 Å². The summed E-state index contributed by atoms with van der Waals surface area (Å²) in [6.45, 7) is 0.224. The number of benzene rings is 1. The molecular formula is C20H18FN5O2S. The summed E-state index contributed by atoms with van der Waals surface area (Å²) in [5.74, 6) is -0.982. The van der Waals surface area contributed by atoms with Gasteiger partial charge in [-0.1, -0.05) is 12.1 Å². The second-order valence-corrected chi connectivity index (χ2v) is 7.49. The van der Waals surface area contributed by atoms with Crippen LogP contribution in [0.2, 0.25) is 0 Å². The van der Waals surface area contributed by atoms with Gasteiger partial charge < -0.3 is 15.2 Å². The zero-order chi connectivity index (χ0) is 20.4. The average Bonchev–Trinajstić information content (AvgIpc) is 3.39. The lowest BCUT2D eigenvalue weighted by atomic mass is 10.2. The molecule has 0 unspecified atom stereocenters. The monoisotopic (exact) mass is 411 g/mol. The summed E-state index contributed by atoms with van der Waals surface area (Å²) in [5, 5.41) is 11.4. The lowest BCUT2D eigenvalue weighted by molar-refractivity contribution is -0.115. The predicted octanol–water partition coefficient (Wildman–Crippen LogP) is 2.99. The molecule has 0 saturated carbocycles. The minimum absolute atomic E-state index is 0.160. The summed E-state index contributed by atoms with van der Waals surface area (Å²) in [6, 6.07) is 10.0. The SMILES string of the molecule is Cn1c(C(=O)NCC(=O)Nc2cnn(Cc3cccc(F)c3)c2)cc2sccc21. The molecule has 3 heterocycles. The van der Waals surface area contributed by atoms with Crippen LogP contribution >= 0.6 is 11.3 Å². The van der Waals surface area contributed by atoms with Gasteiger partial charge in [0.1, 0.15) is 11.5 Å². The van der Waals surface area contributed by atoms with E-state index in [1.807, 2.05) is 24.6 Å². The van der Waals surface area contributed by atoms with E-state index in [0.717, 1.165) is 15.8 Å². The van der Waals surface area contributed by atoms with E-state index in [1.165, 1.54) is 18.3 Å². The first kappa shape index (κ1) is 18.9. The van der Waals surface area contributed by atoms with Crippen molar-refractivity contribution in [1.82, 2.24) is 19.7 Å². The average molecular weight is 411 g/mol. The van der Waals surface area contributed by atoms with E-state index in [2.05, 4.69) is 15.7 Å².